The number of rotatable bonds is 2. The van der Waals surface area contributed by atoms with Gasteiger partial charge in [-0.1, -0.05) is 6.07 Å². The largest absolute Gasteiger partial charge is 0.478 e. The highest BCUT2D eigenvalue weighted by Gasteiger charge is 2.06. The van der Waals surface area contributed by atoms with Crippen molar-refractivity contribution in [1.82, 2.24) is 9.97 Å². The Morgan fingerprint density at radius 2 is 1.68 bits per heavy atom. The molecule has 0 fully saturated rings. The highest BCUT2D eigenvalue weighted by atomic mass is 79.9. The molecule has 2 rings (SSSR count). The molecule has 0 radical (unpaired) electrons. The lowest BCUT2D eigenvalue weighted by Crippen LogP contribution is -1.97. The summed E-state index contributed by atoms with van der Waals surface area (Å²) in [5.41, 5.74) is 1.00. The van der Waals surface area contributed by atoms with Gasteiger partial charge in [0.25, 0.3) is 0 Å². The molecule has 2 aromatic rings. The molecule has 0 unspecified atom stereocenters. The van der Waals surface area contributed by atoms with E-state index >= 15 is 0 Å². The van der Waals surface area contributed by atoms with Crippen LogP contribution in [0.3, 0.4) is 0 Å². The maximum atomic E-state index is 10.4. The first-order valence-corrected chi connectivity index (χ1v) is 6.69. The maximum absolute atomic E-state index is 10.4. The third kappa shape index (κ3) is 5.06. The number of hydrogen-bond acceptors (Lipinski definition) is 4. The van der Waals surface area contributed by atoms with E-state index < -0.39 is 5.97 Å². The molecule has 2 N–H and O–H groups in total. The fourth-order valence-electron chi connectivity index (χ4n) is 1.08. The van der Waals surface area contributed by atoms with Crippen LogP contribution in [0.1, 0.15) is 15.9 Å². The average molecular weight is 390 g/mol. The third-order valence-electron chi connectivity index (χ3n) is 2.00. The second-order valence-corrected chi connectivity index (χ2v) is 4.76. The van der Waals surface area contributed by atoms with Gasteiger partial charge in [-0.2, -0.15) is 0 Å². The van der Waals surface area contributed by atoms with Crippen molar-refractivity contribution in [3.63, 3.8) is 0 Å². The number of halogens is 2. The molecule has 2 heterocycles. The highest BCUT2D eigenvalue weighted by molar-refractivity contribution is 9.10. The zero-order valence-corrected chi connectivity index (χ0v) is 12.8. The number of carbonyl (C=O) groups is 1. The lowest BCUT2D eigenvalue weighted by Gasteiger charge is -1.95. The Balaban J connectivity index is 0.000000191. The minimum Gasteiger partial charge on any atom is -0.478 e. The van der Waals surface area contributed by atoms with Gasteiger partial charge in [-0.15, -0.1) is 0 Å². The van der Waals surface area contributed by atoms with Crippen molar-refractivity contribution in [2.75, 3.05) is 0 Å². The number of aliphatic hydroxyl groups is 1. The third-order valence-corrected chi connectivity index (χ3v) is 3.34. The van der Waals surface area contributed by atoms with Crippen LogP contribution in [0.5, 0.6) is 0 Å². The van der Waals surface area contributed by atoms with Gasteiger partial charge in [-0.3, -0.25) is 0 Å². The molecule has 100 valence electrons. The SMILES string of the molecule is O=C(O)c1cccnc1Br.OCc1cccnc1Br. The quantitative estimate of drug-likeness (QED) is 0.771. The monoisotopic (exact) mass is 388 g/mol. The Bertz CT molecular complexity index is 564. The van der Waals surface area contributed by atoms with E-state index in [1.165, 1.54) is 12.3 Å². The molecule has 2 aromatic heterocycles. The zero-order valence-electron chi connectivity index (χ0n) is 9.62. The fraction of sp³-hybridized carbons (Fsp3) is 0.0833. The summed E-state index contributed by atoms with van der Waals surface area (Å²) in [5.74, 6) is -0.972. The lowest BCUT2D eigenvalue weighted by atomic mass is 10.3. The summed E-state index contributed by atoms with van der Waals surface area (Å²) in [6.45, 7) is 0.0361. The number of aromatic nitrogens is 2. The Morgan fingerprint density at radius 3 is 2.05 bits per heavy atom. The number of aromatic carboxylic acids is 1. The molecular weight excluding hydrogens is 380 g/mol. The number of nitrogens with zero attached hydrogens (tertiary/aromatic N) is 2. The summed E-state index contributed by atoms with van der Waals surface area (Å²) in [6, 6.07) is 6.67. The number of carboxylic acid groups (broad SMARTS) is 1. The molecule has 7 heteroatoms. The van der Waals surface area contributed by atoms with Gasteiger partial charge in [0.2, 0.25) is 0 Å². The minimum absolute atomic E-state index is 0.0361. The van der Waals surface area contributed by atoms with Crippen molar-refractivity contribution in [1.29, 1.82) is 0 Å². The van der Waals surface area contributed by atoms with Crippen molar-refractivity contribution in [3.05, 3.63) is 57.0 Å². The minimum atomic E-state index is -0.972. The van der Waals surface area contributed by atoms with Crippen molar-refractivity contribution in [3.8, 4) is 0 Å². The summed E-state index contributed by atoms with van der Waals surface area (Å²) in [4.78, 5) is 18.0. The first-order valence-electron chi connectivity index (χ1n) is 5.10. The van der Waals surface area contributed by atoms with E-state index in [0.29, 0.717) is 9.21 Å². The van der Waals surface area contributed by atoms with E-state index in [1.807, 2.05) is 6.07 Å². The Morgan fingerprint density at radius 1 is 1.11 bits per heavy atom. The van der Waals surface area contributed by atoms with E-state index in [9.17, 15) is 4.79 Å². The number of hydrogen-bond donors (Lipinski definition) is 2. The number of carboxylic acids is 1. The molecule has 0 bridgehead atoms. The lowest BCUT2D eigenvalue weighted by molar-refractivity contribution is 0.0695. The predicted molar refractivity (Wildman–Crippen MR) is 76.8 cm³/mol. The molecule has 19 heavy (non-hydrogen) atoms. The average Bonchev–Trinajstić information content (AvgIpc) is 2.40. The van der Waals surface area contributed by atoms with Crippen LogP contribution < -0.4 is 0 Å². The second kappa shape index (κ2) is 7.98. The molecule has 0 spiro atoms. The van der Waals surface area contributed by atoms with Crippen molar-refractivity contribution >= 4 is 37.8 Å². The molecule has 0 saturated heterocycles. The van der Waals surface area contributed by atoms with Crippen molar-refractivity contribution in [2.24, 2.45) is 0 Å². The molecule has 0 aliphatic heterocycles. The van der Waals surface area contributed by atoms with E-state index in [4.69, 9.17) is 10.2 Å². The summed E-state index contributed by atoms with van der Waals surface area (Å²) in [7, 11) is 0. The maximum Gasteiger partial charge on any atom is 0.338 e. The van der Waals surface area contributed by atoms with E-state index in [1.54, 1.807) is 18.3 Å². The van der Waals surface area contributed by atoms with Crippen LogP contribution in [0.2, 0.25) is 0 Å². The molecule has 0 aliphatic carbocycles. The first-order chi connectivity index (χ1) is 9.06. The Kier molecular flexibility index (Phi) is 6.61. The highest BCUT2D eigenvalue weighted by Crippen LogP contribution is 2.11. The smallest absolute Gasteiger partial charge is 0.338 e. The van der Waals surface area contributed by atoms with E-state index in [-0.39, 0.29) is 12.2 Å². The summed E-state index contributed by atoms with van der Waals surface area (Å²) in [6.07, 6.45) is 3.19. The van der Waals surface area contributed by atoms with Crippen molar-refractivity contribution in [2.45, 2.75) is 6.61 Å². The molecule has 0 aromatic carbocycles. The van der Waals surface area contributed by atoms with Gasteiger partial charge >= 0.3 is 5.97 Å². The summed E-state index contributed by atoms with van der Waals surface area (Å²) < 4.78 is 1.08. The van der Waals surface area contributed by atoms with Crippen LogP contribution in [0.4, 0.5) is 0 Å². The van der Waals surface area contributed by atoms with Crippen molar-refractivity contribution < 1.29 is 15.0 Å². The molecule has 0 atom stereocenters. The van der Waals surface area contributed by atoms with Gasteiger partial charge in [0.05, 0.1) is 12.2 Å². The van der Waals surface area contributed by atoms with Crippen LogP contribution >= 0.6 is 31.9 Å². The van der Waals surface area contributed by atoms with Crippen LogP contribution in [-0.2, 0) is 6.61 Å². The fourth-order valence-corrected chi connectivity index (χ4v) is 1.88. The molecular formula is C12H10Br2N2O3. The second-order valence-electron chi connectivity index (χ2n) is 3.26. The molecule has 0 aliphatic rings. The Hall–Kier alpha value is -1.31. The van der Waals surface area contributed by atoms with Gasteiger partial charge in [0.15, 0.2) is 0 Å². The molecule has 0 amide bonds. The standard InChI is InChI=1S/C6H4BrNO2.C6H6BrNO/c7-5-4(6(9)10)2-1-3-8-5;7-6-5(4-9)2-1-3-8-6/h1-3H,(H,9,10);1-3,9H,4H2. The van der Waals surface area contributed by atoms with Crippen LogP contribution in [0, 0.1) is 0 Å². The zero-order chi connectivity index (χ0) is 14.3. The number of aliphatic hydroxyl groups excluding tert-OH is 1. The number of pyridine rings is 2. The Labute approximate surface area is 126 Å². The van der Waals surface area contributed by atoms with Gasteiger partial charge in [0, 0.05) is 18.0 Å². The van der Waals surface area contributed by atoms with Gasteiger partial charge in [-0.25, -0.2) is 14.8 Å². The molecule has 5 nitrogen and oxygen atoms in total. The van der Waals surface area contributed by atoms with Gasteiger partial charge in [-0.05, 0) is 50.1 Å². The van der Waals surface area contributed by atoms with E-state index in [2.05, 4.69) is 41.8 Å². The van der Waals surface area contributed by atoms with Gasteiger partial charge in [0.1, 0.15) is 9.21 Å². The predicted octanol–water partition coefficient (Wildman–Crippen LogP) is 2.88. The van der Waals surface area contributed by atoms with Crippen LogP contribution in [0.15, 0.2) is 45.9 Å². The topological polar surface area (TPSA) is 83.3 Å². The molecule has 0 saturated carbocycles. The summed E-state index contributed by atoms with van der Waals surface area (Å²) in [5, 5.41) is 17.1. The van der Waals surface area contributed by atoms with Gasteiger partial charge < -0.3 is 10.2 Å². The first kappa shape index (κ1) is 15.7. The summed E-state index contributed by atoms with van der Waals surface area (Å²) >= 11 is 6.19. The van der Waals surface area contributed by atoms with Crippen LogP contribution in [0.25, 0.3) is 0 Å². The van der Waals surface area contributed by atoms with E-state index in [0.717, 1.165) is 5.56 Å². The normalized spacial score (nSPS) is 9.42. The van der Waals surface area contributed by atoms with Crippen LogP contribution in [-0.4, -0.2) is 26.2 Å².